The molecule has 0 aliphatic carbocycles. The van der Waals surface area contributed by atoms with Crippen molar-refractivity contribution in [2.24, 2.45) is 0 Å². The van der Waals surface area contributed by atoms with Crippen LogP contribution in [0.15, 0.2) is 12.1 Å². The number of benzene rings is 1. The first-order chi connectivity index (χ1) is 8.02. The molecule has 0 saturated carbocycles. The maximum atomic E-state index is 10.9. The van der Waals surface area contributed by atoms with Gasteiger partial charge in [0.2, 0.25) is 0 Å². The van der Waals surface area contributed by atoms with E-state index >= 15 is 0 Å². The molecule has 0 aromatic heterocycles. The third-order valence-electron chi connectivity index (χ3n) is 2.22. The minimum atomic E-state index is -1.19. The largest absolute Gasteiger partial charge is 0.507 e. The maximum absolute atomic E-state index is 10.9. The topological polar surface area (TPSA) is 107 Å². The summed E-state index contributed by atoms with van der Waals surface area (Å²) >= 11 is 0. The van der Waals surface area contributed by atoms with Gasteiger partial charge in [0.05, 0.1) is 16.6 Å². The number of phenolic OH excluding ortho intramolecular Hbond substituents is 1. The summed E-state index contributed by atoms with van der Waals surface area (Å²) in [5, 5.41) is 37.0. The zero-order chi connectivity index (χ0) is 13.0. The highest BCUT2D eigenvalue weighted by molar-refractivity contribution is 5.88. The fourth-order valence-electron chi connectivity index (χ4n) is 1.45. The van der Waals surface area contributed by atoms with Crippen molar-refractivity contribution in [2.75, 3.05) is 0 Å². The van der Waals surface area contributed by atoms with Crippen LogP contribution < -0.4 is 0 Å². The van der Waals surface area contributed by atoms with Crippen LogP contribution in [0, 0.1) is 27.9 Å². The normalized spacial score (nSPS) is 11.5. The van der Waals surface area contributed by atoms with E-state index in [0.717, 1.165) is 0 Å². The highest BCUT2D eigenvalue weighted by atomic mass is 16.6. The van der Waals surface area contributed by atoms with Gasteiger partial charge in [-0.05, 0) is 12.1 Å². The molecule has 6 heteroatoms. The van der Waals surface area contributed by atoms with E-state index in [1.807, 2.05) is 0 Å². The third kappa shape index (κ3) is 2.41. The summed E-state index contributed by atoms with van der Waals surface area (Å²) in [7, 11) is 0. The van der Waals surface area contributed by atoms with Crippen LogP contribution >= 0.6 is 0 Å². The number of nitrogens with one attached hydrogen (secondary N) is 1. The minimum absolute atomic E-state index is 0.00995. The molecule has 0 spiro atoms. The van der Waals surface area contributed by atoms with Gasteiger partial charge in [-0.25, -0.2) is 0 Å². The number of phenols is 1. The Hall–Kier alpha value is -2.39. The summed E-state index contributed by atoms with van der Waals surface area (Å²) in [4.78, 5) is 10.1. The number of hydrogen-bond acceptors (Lipinski definition) is 5. The van der Waals surface area contributed by atoms with Crippen molar-refractivity contribution in [2.45, 2.75) is 12.5 Å². The van der Waals surface area contributed by atoms with Gasteiger partial charge in [-0.15, -0.1) is 12.3 Å². The molecule has 0 aliphatic heterocycles. The van der Waals surface area contributed by atoms with E-state index in [0.29, 0.717) is 6.21 Å². The van der Waals surface area contributed by atoms with Crippen LogP contribution in [0.3, 0.4) is 0 Å². The van der Waals surface area contributed by atoms with Gasteiger partial charge in [-0.1, -0.05) is 0 Å². The lowest BCUT2D eigenvalue weighted by Gasteiger charge is -2.10. The van der Waals surface area contributed by atoms with Gasteiger partial charge < -0.3 is 15.6 Å². The van der Waals surface area contributed by atoms with Crippen LogP contribution in [0.25, 0.3) is 0 Å². The van der Waals surface area contributed by atoms with E-state index in [1.54, 1.807) is 0 Å². The molecule has 1 rings (SSSR count). The Labute approximate surface area is 97.2 Å². The molecule has 1 aromatic carbocycles. The number of aliphatic hydroxyl groups excluding tert-OH is 1. The van der Waals surface area contributed by atoms with Crippen LogP contribution in [-0.2, 0) is 0 Å². The number of nitro benzene ring substituents is 1. The Morgan fingerprint density at radius 2 is 2.29 bits per heavy atom. The van der Waals surface area contributed by atoms with Gasteiger partial charge >= 0.3 is 0 Å². The highest BCUT2D eigenvalue weighted by Crippen LogP contribution is 2.34. The van der Waals surface area contributed by atoms with Crippen LogP contribution in [0.5, 0.6) is 5.75 Å². The van der Waals surface area contributed by atoms with Gasteiger partial charge in [-0.2, -0.15) is 0 Å². The number of aliphatic hydroxyl groups is 1. The molecule has 3 N–H and O–H groups in total. The predicted molar refractivity (Wildman–Crippen MR) is 61.1 cm³/mol. The zero-order valence-electron chi connectivity index (χ0n) is 8.75. The Morgan fingerprint density at radius 3 is 2.76 bits per heavy atom. The molecule has 1 aromatic rings. The number of nitrogens with zero attached hydrogens (tertiary/aromatic N) is 1. The average Bonchev–Trinajstić information content (AvgIpc) is 2.28. The molecule has 1 unspecified atom stereocenters. The molecule has 0 fully saturated rings. The van der Waals surface area contributed by atoms with Crippen molar-refractivity contribution in [1.82, 2.24) is 0 Å². The molecule has 0 saturated heterocycles. The van der Waals surface area contributed by atoms with Crippen molar-refractivity contribution in [3.63, 3.8) is 0 Å². The van der Waals surface area contributed by atoms with E-state index in [4.69, 9.17) is 11.8 Å². The van der Waals surface area contributed by atoms with E-state index < -0.39 is 16.7 Å². The lowest BCUT2D eigenvalue weighted by atomic mass is 10.0. The quantitative estimate of drug-likeness (QED) is 0.316. The van der Waals surface area contributed by atoms with Crippen molar-refractivity contribution < 1.29 is 15.1 Å². The highest BCUT2D eigenvalue weighted by Gasteiger charge is 2.25. The summed E-state index contributed by atoms with van der Waals surface area (Å²) in [6.07, 6.45) is 4.41. The zero-order valence-corrected chi connectivity index (χ0v) is 8.75. The van der Waals surface area contributed by atoms with Gasteiger partial charge in [0.15, 0.2) is 0 Å². The van der Waals surface area contributed by atoms with Gasteiger partial charge in [-0.3, -0.25) is 10.1 Å². The third-order valence-corrected chi connectivity index (χ3v) is 2.22. The molecule has 17 heavy (non-hydrogen) atoms. The number of hydrogen-bond donors (Lipinski definition) is 3. The first-order valence-electron chi connectivity index (χ1n) is 4.65. The standard InChI is InChI=1S/C11H10N2O4/c1-2-3-9(14)7-4-5-10(15)8(6-12)11(7)13(16)17/h1,4-6,9,12,14-15H,3H2. The minimum Gasteiger partial charge on any atom is -0.507 e. The van der Waals surface area contributed by atoms with E-state index in [-0.39, 0.29) is 23.3 Å². The Balaban J connectivity index is 3.46. The molecule has 0 heterocycles. The summed E-state index contributed by atoms with van der Waals surface area (Å²) < 4.78 is 0. The van der Waals surface area contributed by atoms with E-state index in [2.05, 4.69) is 5.92 Å². The van der Waals surface area contributed by atoms with E-state index in [9.17, 15) is 20.3 Å². The Kier molecular flexibility index (Phi) is 3.80. The fraction of sp³-hybridized carbons (Fsp3) is 0.182. The second-order valence-electron chi connectivity index (χ2n) is 3.26. The lowest BCUT2D eigenvalue weighted by molar-refractivity contribution is -0.386. The van der Waals surface area contributed by atoms with Crippen LogP contribution in [0.4, 0.5) is 5.69 Å². The number of rotatable bonds is 4. The number of nitro groups is 1. The summed E-state index contributed by atoms with van der Waals surface area (Å²) in [6.45, 7) is 0. The smallest absolute Gasteiger partial charge is 0.287 e. The van der Waals surface area contributed by atoms with Crippen LogP contribution in [0.2, 0.25) is 0 Å². The fourth-order valence-corrected chi connectivity index (χ4v) is 1.45. The van der Waals surface area contributed by atoms with Gasteiger partial charge in [0.25, 0.3) is 5.69 Å². The summed E-state index contributed by atoms with van der Waals surface area (Å²) in [5.41, 5.74) is -0.754. The van der Waals surface area contributed by atoms with Crippen molar-refractivity contribution in [3.05, 3.63) is 33.4 Å². The predicted octanol–water partition coefficient (Wildman–Crippen LogP) is 1.35. The van der Waals surface area contributed by atoms with Crippen molar-refractivity contribution in [1.29, 1.82) is 5.41 Å². The molecule has 6 nitrogen and oxygen atoms in total. The van der Waals surface area contributed by atoms with Crippen LogP contribution in [-0.4, -0.2) is 21.4 Å². The van der Waals surface area contributed by atoms with Crippen molar-refractivity contribution >= 4 is 11.9 Å². The Bertz CT molecular complexity index is 505. The molecule has 0 bridgehead atoms. The summed E-state index contributed by atoms with van der Waals surface area (Å²) in [6, 6.07) is 2.41. The molecule has 0 amide bonds. The van der Waals surface area contributed by atoms with Gasteiger partial charge in [0.1, 0.15) is 11.3 Å². The maximum Gasteiger partial charge on any atom is 0.287 e. The molecule has 1 atom stereocenters. The molecular weight excluding hydrogens is 224 g/mol. The average molecular weight is 234 g/mol. The monoisotopic (exact) mass is 234 g/mol. The SMILES string of the molecule is C#CCC(O)c1ccc(O)c(C=N)c1[N+](=O)[O-]. The summed E-state index contributed by atoms with van der Waals surface area (Å²) in [5.74, 6) is 1.81. The Morgan fingerprint density at radius 1 is 1.65 bits per heavy atom. The van der Waals surface area contributed by atoms with Crippen molar-refractivity contribution in [3.8, 4) is 18.1 Å². The van der Waals surface area contributed by atoms with E-state index in [1.165, 1.54) is 12.1 Å². The molecule has 0 radical (unpaired) electrons. The second kappa shape index (κ2) is 5.09. The van der Waals surface area contributed by atoms with Gasteiger partial charge in [0, 0.05) is 12.6 Å². The van der Waals surface area contributed by atoms with Crippen LogP contribution in [0.1, 0.15) is 23.7 Å². The molecule has 0 aliphatic rings. The first kappa shape index (κ1) is 12.7. The lowest BCUT2D eigenvalue weighted by Crippen LogP contribution is -2.05. The molecular formula is C11H10N2O4. The first-order valence-corrected chi connectivity index (χ1v) is 4.65. The number of terminal acetylenes is 1. The second-order valence-corrected chi connectivity index (χ2v) is 3.26. The number of aromatic hydroxyl groups is 1. The molecule has 88 valence electrons.